The zero-order valence-electron chi connectivity index (χ0n) is 20.2. The molecule has 1 aromatic heterocycles. The molecule has 0 amide bonds. The average molecular weight is 545 g/mol. The molecule has 2 aromatic carbocycles. The first kappa shape index (κ1) is 25.7. The second-order valence-electron chi connectivity index (χ2n) is 9.31. The Bertz CT molecular complexity index is 1400. The number of rotatable bonds is 6. The Morgan fingerprint density at radius 3 is 2.32 bits per heavy atom. The molecule has 0 atom stereocenters. The highest BCUT2D eigenvalue weighted by atomic mass is 35.5. The molecule has 5 rings (SSSR count). The van der Waals surface area contributed by atoms with Crippen molar-refractivity contribution in [3.05, 3.63) is 76.2 Å². The highest BCUT2D eigenvalue weighted by molar-refractivity contribution is 7.89. The molecule has 0 spiro atoms. The third-order valence-corrected chi connectivity index (χ3v) is 9.00. The molecule has 1 saturated heterocycles. The van der Waals surface area contributed by atoms with E-state index in [1.54, 1.807) is 60.8 Å². The first-order valence-corrected chi connectivity index (χ1v) is 14.2. The molecule has 196 valence electrons. The molecule has 0 unspecified atom stereocenters. The van der Waals surface area contributed by atoms with Crippen LogP contribution in [0.15, 0.2) is 70.5 Å². The van der Waals surface area contributed by atoms with Gasteiger partial charge in [-0.2, -0.15) is 14.1 Å². The van der Waals surface area contributed by atoms with Crippen LogP contribution in [0.3, 0.4) is 0 Å². The SMILES string of the molecule is O=c1c(OC2CCC(O)CC2)c(N2CCN(S(=O)(=O)c3ccccc3)CC2)cnn1-c1cccc(Cl)c1. The fourth-order valence-corrected chi connectivity index (χ4v) is 6.43. The van der Waals surface area contributed by atoms with Gasteiger partial charge in [-0.1, -0.05) is 35.9 Å². The molecule has 1 aliphatic heterocycles. The second-order valence-corrected chi connectivity index (χ2v) is 11.7. The largest absolute Gasteiger partial charge is 0.483 e. The molecule has 37 heavy (non-hydrogen) atoms. The highest BCUT2D eigenvalue weighted by Crippen LogP contribution is 2.30. The number of sulfonamides is 1. The summed E-state index contributed by atoms with van der Waals surface area (Å²) in [6.07, 6.45) is 3.55. The normalized spacial score (nSPS) is 21.1. The lowest BCUT2D eigenvalue weighted by Crippen LogP contribution is -2.49. The summed E-state index contributed by atoms with van der Waals surface area (Å²) >= 11 is 6.14. The molecule has 2 aliphatic rings. The number of hydrogen-bond acceptors (Lipinski definition) is 7. The number of benzene rings is 2. The van der Waals surface area contributed by atoms with Crippen molar-refractivity contribution in [1.29, 1.82) is 0 Å². The van der Waals surface area contributed by atoms with E-state index in [1.807, 2.05) is 4.90 Å². The summed E-state index contributed by atoms with van der Waals surface area (Å²) in [6.45, 7) is 1.30. The van der Waals surface area contributed by atoms with Gasteiger partial charge in [-0.05, 0) is 56.0 Å². The molecular weight excluding hydrogens is 516 g/mol. The van der Waals surface area contributed by atoms with E-state index in [9.17, 15) is 18.3 Å². The molecule has 0 bridgehead atoms. The third kappa shape index (κ3) is 5.52. The smallest absolute Gasteiger partial charge is 0.316 e. The topological polar surface area (TPSA) is 105 Å². The summed E-state index contributed by atoms with van der Waals surface area (Å²) < 4.78 is 35.1. The summed E-state index contributed by atoms with van der Waals surface area (Å²) in [4.78, 5) is 15.8. The second kappa shape index (κ2) is 10.8. The number of ether oxygens (including phenoxy) is 1. The standard InChI is InChI=1S/C26H29ClN4O5S/c27-19-5-4-6-20(17-19)31-26(33)25(36-22-11-9-21(32)10-12-22)24(18-28-31)29-13-15-30(16-14-29)37(34,35)23-7-2-1-3-8-23/h1-8,17-18,21-22,32H,9-16H2. The summed E-state index contributed by atoms with van der Waals surface area (Å²) in [5.74, 6) is 0.177. The van der Waals surface area contributed by atoms with E-state index in [1.165, 1.54) is 8.99 Å². The van der Waals surface area contributed by atoms with Crippen LogP contribution in [0.2, 0.25) is 5.02 Å². The quantitative estimate of drug-likeness (QED) is 0.508. The van der Waals surface area contributed by atoms with Gasteiger partial charge in [-0.3, -0.25) is 4.79 Å². The van der Waals surface area contributed by atoms with Crippen LogP contribution in [0, 0.1) is 0 Å². The molecule has 9 nitrogen and oxygen atoms in total. The lowest BCUT2D eigenvalue weighted by molar-refractivity contribution is 0.0658. The Morgan fingerprint density at radius 1 is 0.946 bits per heavy atom. The highest BCUT2D eigenvalue weighted by Gasteiger charge is 2.31. The van der Waals surface area contributed by atoms with E-state index in [0.717, 1.165) is 0 Å². The van der Waals surface area contributed by atoms with Gasteiger partial charge >= 0.3 is 5.56 Å². The van der Waals surface area contributed by atoms with Crippen LogP contribution in [-0.4, -0.2) is 66.0 Å². The monoisotopic (exact) mass is 544 g/mol. The fraction of sp³-hybridized carbons (Fsp3) is 0.385. The molecule has 1 N–H and O–H groups in total. The Balaban J connectivity index is 1.43. The summed E-state index contributed by atoms with van der Waals surface area (Å²) in [5, 5.41) is 14.8. The van der Waals surface area contributed by atoms with Gasteiger partial charge in [-0.25, -0.2) is 8.42 Å². The van der Waals surface area contributed by atoms with Gasteiger partial charge in [0.2, 0.25) is 15.8 Å². The van der Waals surface area contributed by atoms with Gasteiger partial charge in [0.05, 0.1) is 29.0 Å². The van der Waals surface area contributed by atoms with Crippen LogP contribution >= 0.6 is 11.6 Å². The Hall–Kier alpha value is -2.92. The van der Waals surface area contributed by atoms with E-state index >= 15 is 0 Å². The number of hydrogen-bond donors (Lipinski definition) is 1. The molecule has 1 saturated carbocycles. The van der Waals surface area contributed by atoms with Crippen molar-refractivity contribution >= 4 is 27.3 Å². The minimum Gasteiger partial charge on any atom is -0.483 e. The zero-order chi connectivity index (χ0) is 26.0. The van der Waals surface area contributed by atoms with Crippen molar-refractivity contribution in [3.8, 4) is 11.4 Å². The number of anilines is 1. The van der Waals surface area contributed by atoms with Crippen molar-refractivity contribution in [3.63, 3.8) is 0 Å². The number of aliphatic hydroxyl groups is 1. The van der Waals surface area contributed by atoms with Crippen molar-refractivity contribution in [1.82, 2.24) is 14.1 Å². The Labute approximate surface area is 220 Å². The number of aromatic nitrogens is 2. The number of piperazine rings is 1. The Kier molecular flexibility index (Phi) is 7.52. The summed E-state index contributed by atoms with van der Waals surface area (Å²) in [6, 6.07) is 15.2. The average Bonchev–Trinajstić information content (AvgIpc) is 2.91. The first-order chi connectivity index (χ1) is 17.8. The van der Waals surface area contributed by atoms with E-state index in [0.29, 0.717) is 55.2 Å². The van der Waals surface area contributed by atoms with Crippen molar-refractivity contribution in [2.45, 2.75) is 42.8 Å². The summed E-state index contributed by atoms with van der Waals surface area (Å²) in [7, 11) is -3.60. The van der Waals surface area contributed by atoms with Gasteiger partial charge in [0.1, 0.15) is 5.69 Å². The van der Waals surface area contributed by atoms with Crippen LogP contribution in [0.5, 0.6) is 5.75 Å². The lowest BCUT2D eigenvalue weighted by atomic mass is 9.95. The van der Waals surface area contributed by atoms with Gasteiger partial charge in [-0.15, -0.1) is 0 Å². The summed E-state index contributed by atoms with van der Waals surface area (Å²) in [5.41, 5.74) is 0.642. The maximum Gasteiger partial charge on any atom is 0.316 e. The third-order valence-electron chi connectivity index (χ3n) is 6.86. The first-order valence-electron chi connectivity index (χ1n) is 12.4. The van der Waals surface area contributed by atoms with E-state index in [4.69, 9.17) is 16.3 Å². The van der Waals surface area contributed by atoms with Crippen LogP contribution in [0.25, 0.3) is 5.69 Å². The van der Waals surface area contributed by atoms with Gasteiger partial charge in [0.25, 0.3) is 0 Å². The minimum atomic E-state index is -3.60. The van der Waals surface area contributed by atoms with Crippen LogP contribution in [-0.2, 0) is 10.0 Å². The van der Waals surface area contributed by atoms with Crippen molar-refractivity contribution < 1.29 is 18.3 Å². The predicted molar refractivity (Wildman–Crippen MR) is 141 cm³/mol. The maximum atomic E-state index is 13.6. The molecule has 2 heterocycles. The van der Waals surface area contributed by atoms with Crippen LogP contribution in [0.1, 0.15) is 25.7 Å². The van der Waals surface area contributed by atoms with Crippen LogP contribution < -0.4 is 15.2 Å². The molecule has 11 heteroatoms. The predicted octanol–water partition coefficient (Wildman–Crippen LogP) is 3.08. The lowest BCUT2D eigenvalue weighted by Gasteiger charge is -2.36. The number of aliphatic hydroxyl groups excluding tert-OH is 1. The van der Waals surface area contributed by atoms with E-state index in [-0.39, 0.29) is 35.9 Å². The van der Waals surface area contributed by atoms with Crippen LogP contribution in [0.4, 0.5) is 5.69 Å². The Morgan fingerprint density at radius 2 is 1.65 bits per heavy atom. The molecule has 2 fully saturated rings. The molecule has 3 aromatic rings. The zero-order valence-corrected chi connectivity index (χ0v) is 21.8. The molecule has 1 aliphatic carbocycles. The van der Waals surface area contributed by atoms with E-state index in [2.05, 4.69) is 5.10 Å². The molecular formula is C26H29ClN4O5S. The minimum absolute atomic E-state index is 0.177. The van der Waals surface area contributed by atoms with Gasteiger partial charge < -0.3 is 14.7 Å². The van der Waals surface area contributed by atoms with Crippen molar-refractivity contribution in [2.24, 2.45) is 0 Å². The maximum absolute atomic E-state index is 13.6. The molecule has 0 radical (unpaired) electrons. The van der Waals surface area contributed by atoms with Gasteiger partial charge in [0, 0.05) is 31.2 Å². The van der Waals surface area contributed by atoms with Gasteiger partial charge in [0.15, 0.2) is 0 Å². The van der Waals surface area contributed by atoms with E-state index < -0.39 is 15.6 Å². The van der Waals surface area contributed by atoms with Crippen molar-refractivity contribution in [2.75, 3.05) is 31.1 Å². The fourth-order valence-electron chi connectivity index (χ4n) is 4.80. The number of halogens is 1. The number of nitrogens with zero attached hydrogens (tertiary/aromatic N) is 4.